The molecular formula is C20H25FN2O5S. The largest absolute Gasteiger partial charge is 0.480 e. The number of carbonyl (C=O) groups is 1. The minimum atomic E-state index is -4.03. The van der Waals surface area contributed by atoms with Gasteiger partial charge in [0.25, 0.3) is 10.0 Å². The van der Waals surface area contributed by atoms with Gasteiger partial charge in [0.2, 0.25) is 0 Å². The van der Waals surface area contributed by atoms with Gasteiger partial charge >= 0.3 is 5.97 Å². The Morgan fingerprint density at radius 2 is 1.72 bits per heavy atom. The summed E-state index contributed by atoms with van der Waals surface area (Å²) in [6, 6.07) is 10.3. The molecule has 29 heavy (non-hydrogen) atoms. The molecule has 2 rings (SSSR count). The monoisotopic (exact) mass is 424 g/mol. The van der Waals surface area contributed by atoms with E-state index >= 15 is 0 Å². The Bertz CT molecular complexity index is 917. The summed E-state index contributed by atoms with van der Waals surface area (Å²) < 4.78 is 40.7. The van der Waals surface area contributed by atoms with E-state index in [2.05, 4.69) is 5.32 Å². The van der Waals surface area contributed by atoms with E-state index < -0.39 is 34.0 Å². The van der Waals surface area contributed by atoms with Crippen LogP contribution in [0, 0.1) is 12.7 Å². The van der Waals surface area contributed by atoms with Gasteiger partial charge in [0.05, 0.1) is 23.2 Å². The van der Waals surface area contributed by atoms with Crippen molar-refractivity contribution in [3.8, 4) is 0 Å². The third-order valence-corrected chi connectivity index (χ3v) is 6.21. The van der Waals surface area contributed by atoms with Crippen molar-refractivity contribution in [2.24, 2.45) is 0 Å². The number of aliphatic hydroxyl groups is 1. The number of nitrogens with one attached hydrogen (secondary N) is 1. The van der Waals surface area contributed by atoms with Crippen LogP contribution in [0.3, 0.4) is 0 Å². The Hall–Kier alpha value is -2.49. The molecule has 0 spiro atoms. The number of carboxylic acid groups (broad SMARTS) is 1. The normalized spacial score (nSPS) is 13.7. The minimum Gasteiger partial charge on any atom is -0.480 e. The maximum Gasteiger partial charge on any atom is 0.320 e. The second-order valence-corrected chi connectivity index (χ2v) is 8.55. The van der Waals surface area contributed by atoms with Crippen LogP contribution in [0.5, 0.6) is 0 Å². The molecule has 9 heteroatoms. The van der Waals surface area contributed by atoms with Crippen LogP contribution in [0.15, 0.2) is 53.4 Å². The molecule has 0 fully saturated rings. The number of nitrogens with zero attached hydrogens (tertiary/aromatic N) is 1. The average Bonchev–Trinajstić information content (AvgIpc) is 2.67. The quantitative estimate of drug-likeness (QED) is 0.540. The summed E-state index contributed by atoms with van der Waals surface area (Å²) in [7, 11) is -4.03. The topological polar surface area (TPSA) is 107 Å². The van der Waals surface area contributed by atoms with Crippen LogP contribution >= 0.6 is 0 Å². The number of aryl methyl sites for hydroxylation is 1. The lowest BCUT2D eigenvalue weighted by Gasteiger charge is -2.27. The summed E-state index contributed by atoms with van der Waals surface area (Å²) in [4.78, 5) is 11.1. The number of anilines is 1. The third kappa shape index (κ3) is 5.99. The molecule has 0 radical (unpaired) electrons. The second-order valence-electron chi connectivity index (χ2n) is 6.69. The Morgan fingerprint density at radius 1 is 1.14 bits per heavy atom. The molecule has 0 saturated carbocycles. The van der Waals surface area contributed by atoms with Crippen LogP contribution in [0.1, 0.15) is 18.9 Å². The first kappa shape index (κ1) is 22.8. The SMILES string of the molecule is CCC(NCC(O)CN(c1ccc(F)cc1)S(=O)(=O)c1ccc(C)cc1)C(=O)O. The van der Waals surface area contributed by atoms with E-state index in [-0.39, 0.29) is 23.7 Å². The highest BCUT2D eigenvalue weighted by Gasteiger charge is 2.28. The fraction of sp³-hybridized carbons (Fsp3) is 0.350. The molecule has 0 aromatic heterocycles. The van der Waals surface area contributed by atoms with Gasteiger partial charge in [-0.2, -0.15) is 0 Å². The highest BCUT2D eigenvalue weighted by Crippen LogP contribution is 2.24. The molecular weight excluding hydrogens is 399 g/mol. The van der Waals surface area contributed by atoms with Crippen LogP contribution in [-0.2, 0) is 14.8 Å². The number of rotatable bonds is 10. The van der Waals surface area contributed by atoms with Crippen LogP contribution in [0.4, 0.5) is 10.1 Å². The van der Waals surface area contributed by atoms with Crippen molar-refractivity contribution >= 4 is 21.7 Å². The van der Waals surface area contributed by atoms with Gasteiger partial charge in [-0.15, -0.1) is 0 Å². The molecule has 0 amide bonds. The molecule has 0 aliphatic rings. The molecule has 2 aromatic carbocycles. The van der Waals surface area contributed by atoms with E-state index in [1.807, 2.05) is 6.92 Å². The van der Waals surface area contributed by atoms with E-state index in [0.29, 0.717) is 6.42 Å². The number of aliphatic hydroxyl groups excluding tert-OH is 1. The van der Waals surface area contributed by atoms with E-state index in [9.17, 15) is 22.7 Å². The molecule has 2 atom stereocenters. The van der Waals surface area contributed by atoms with Crippen LogP contribution in [0.2, 0.25) is 0 Å². The van der Waals surface area contributed by atoms with Crippen LogP contribution in [-0.4, -0.2) is 49.8 Å². The number of hydrogen-bond acceptors (Lipinski definition) is 5. The molecule has 2 aromatic rings. The summed E-state index contributed by atoms with van der Waals surface area (Å²) >= 11 is 0. The Kier molecular flexibility index (Phi) is 7.72. The standard InChI is InChI=1S/C20H25FN2O5S/c1-3-19(20(25)26)22-12-17(24)13-23(16-8-6-15(21)7-9-16)29(27,28)18-10-4-14(2)5-11-18/h4-11,17,19,22,24H,3,12-13H2,1-2H3,(H,25,26). The van der Waals surface area contributed by atoms with Crippen LogP contribution < -0.4 is 9.62 Å². The minimum absolute atomic E-state index is 0.0320. The van der Waals surface area contributed by atoms with Gasteiger partial charge in [0.1, 0.15) is 11.9 Å². The zero-order chi connectivity index (χ0) is 21.6. The van der Waals surface area contributed by atoms with E-state index in [1.165, 1.54) is 24.3 Å². The van der Waals surface area contributed by atoms with Crippen molar-refractivity contribution in [2.75, 3.05) is 17.4 Å². The number of benzene rings is 2. The first-order valence-electron chi connectivity index (χ1n) is 9.14. The zero-order valence-corrected chi connectivity index (χ0v) is 17.1. The van der Waals surface area contributed by atoms with Crippen LogP contribution in [0.25, 0.3) is 0 Å². The van der Waals surface area contributed by atoms with Crippen molar-refractivity contribution in [2.45, 2.75) is 37.3 Å². The molecule has 158 valence electrons. The summed E-state index contributed by atoms with van der Waals surface area (Å²) in [6.45, 7) is 3.07. The maximum absolute atomic E-state index is 13.3. The average molecular weight is 424 g/mol. The van der Waals surface area contributed by atoms with Gasteiger partial charge in [-0.3, -0.25) is 9.10 Å². The third-order valence-electron chi connectivity index (χ3n) is 4.41. The van der Waals surface area contributed by atoms with Gasteiger partial charge < -0.3 is 15.5 Å². The Balaban J connectivity index is 2.29. The highest BCUT2D eigenvalue weighted by molar-refractivity contribution is 7.92. The molecule has 0 aliphatic carbocycles. The van der Waals surface area contributed by atoms with E-state index in [0.717, 1.165) is 22.0 Å². The molecule has 0 heterocycles. The number of sulfonamides is 1. The highest BCUT2D eigenvalue weighted by atomic mass is 32.2. The number of aliphatic carboxylic acids is 1. The summed E-state index contributed by atoms with van der Waals surface area (Å²) in [5.74, 6) is -1.57. The molecule has 0 saturated heterocycles. The summed E-state index contributed by atoms with van der Waals surface area (Å²) in [6.07, 6.45) is -0.876. The number of hydrogen-bond donors (Lipinski definition) is 3. The Labute approximate surface area is 169 Å². The van der Waals surface area contributed by atoms with Crippen molar-refractivity contribution in [3.05, 3.63) is 59.9 Å². The lowest BCUT2D eigenvalue weighted by molar-refractivity contribution is -0.139. The zero-order valence-electron chi connectivity index (χ0n) is 16.2. The molecule has 0 bridgehead atoms. The molecule has 7 nitrogen and oxygen atoms in total. The lowest BCUT2D eigenvalue weighted by atomic mass is 10.2. The number of halogens is 1. The second kappa shape index (κ2) is 9.82. The van der Waals surface area contributed by atoms with Gasteiger partial charge in [-0.25, -0.2) is 12.8 Å². The predicted octanol–water partition coefficient (Wildman–Crippen LogP) is 2.14. The van der Waals surface area contributed by atoms with Gasteiger partial charge in [-0.1, -0.05) is 24.6 Å². The van der Waals surface area contributed by atoms with Gasteiger partial charge in [-0.05, 0) is 49.7 Å². The smallest absolute Gasteiger partial charge is 0.320 e. The van der Waals surface area contributed by atoms with Gasteiger partial charge in [0.15, 0.2) is 0 Å². The fourth-order valence-corrected chi connectivity index (χ4v) is 4.23. The molecule has 2 unspecified atom stereocenters. The fourth-order valence-electron chi connectivity index (χ4n) is 2.73. The summed E-state index contributed by atoms with van der Waals surface area (Å²) in [5.41, 5.74) is 1.08. The molecule has 0 aliphatic heterocycles. The van der Waals surface area contributed by atoms with Crippen molar-refractivity contribution < 1.29 is 27.8 Å². The first-order valence-corrected chi connectivity index (χ1v) is 10.6. The lowest BCUT2D eigenvalue weighted by Crippen LogP contribution is -2.45. The van der Waals surface area contributed by atoms with Crippen molar-refractivity contribution in [1.29, 1.82) is 0 Å². The van der Waals surface area contributed by atoms with Crippen molar-refractivity contribution in [1.82, 2.24) is 5.32 Å². The maximum atomic E-state index is 13.3. The predicted molar refractivity (Wildman–Crippen MR) is 108 cm³/mol. The number of carboxylic acids is 1. The molecule has 3 N–H and O–H groups in total. The van der Waals surface area contributed by atoms with E-state index in [4.69, 9.17) is 5.11 Å². The van der Waals surface area contributed by atoms with Crippen molar-refractivity contribution in [3.63, 3.8) is 0 Å². The van der Waals surface area contributed by atoms with E-state index in [1.54, 1.807) is 19.1 Å². The summed E-state index contributed by atoms with van der Waals surface area (Å²) in [5, 5.41) is 22.2. The first-order chi connectivity index (χ1) is 13.6. The van der Waals surface area contributed by atoms with Gasteiger partial charge in [0, 0.05) is 6.54 Å². The Morgan fingerprint density at radius 3 is 2.24 bits per heavy atom.